The number of hydrogen-bond acceptors (Lipinski definition) is 5. The van der Waals surface area contributed by atoms with E-state index in [2.05, 4.69) is 10.1 Å². The van der Waals surface area contributed by atoms with Crippen LogP contribution >= 0.6 is 12.4 Å². The fourth-order valence-corrected chi connectivity index (χ4v) is 4.69. The van der Waals surface area contributed by atoms with Crippen LogP contribution in [0.2, 0.25) is 0 Å². The fraction of sp³-hybridized carbons (Fsp3) is 0.533. The first-order valence-corrected chi connectivity index (χ1v) is 8.96. The first kappa shape index (κ1) is 20.8. The fourth-order valence-electron chi connectivity index (χ4n) is 2.75. The summed E-state index contributed by atoms with van der Waals surface area (Å²) in [5, 5.41) is 3.12. The molecule has 0 amide bonds. The zero-order valence-corrected chi connectivity index (χ0v) is 15.3. The van der Waals surface area contributed by atoms with Gasteiger partial charge < -0.3 is 10.1 Å². The van der Waals surface area contributed by atoms with Crippen LogP contribution in [0.1, 0.15) is 30.1 Å². The van der Waals surface area contributed by atoms with Crippen LogP contribution in [0.3, 0.4) is 0 Å². The lowest BCUT2D eigenvalue weighted by atomic mass is 10.2. The molecule has 0 radical (unpaired) electrons. The van der Waals surface area contributed by atoms with E-state index in [9.17, 15) is 17.6 Å². The Hall–Kier alpha value is -1.22. The van der Waals surface area contributed by atoms with Crippen molar-refractivity contribution in [3.63, 3.8) is 0 Å². The van der Waals surface area contributed by atoms with Crippen molar-refractivity contribution < 1.29 is 22.3 Å². The molecule has 2 rings (SSSR count). The summed E-state index contributed by atoms with van der Waals surface area (Å²) in [5.41, 5.74) is -0.540. The molecular formula is C15H22ClFN2O4S. The normalized spacial score (nSPS) is 17.6. The van der Waals surface area contributed by atoms with Gasteiger partial charge in [-0.05, 0) is 31.5 Å². The van der Waals surface area contributed by atoms with Crippen LogP contribution in [-0.2, 0) is 14.8 Å². The number of sulfonamides is 1. The van der Waals surface area contributed by atoms with Crippen molar-refractivity contribution in [3.8, 4) is 0 Å². The maximum absolute atomic E-state index is 14.0. The monoisotopic (exact) mass is 380 g/mol. The molecule has 1 aliphatic heterocycles. The van der Waals surface area contributed by atoms with Crippen LogP contribution in [0.15, 0.2) is 23.1 Å². The lowest BCUT2D eigenvalue weighted by molar-refractivity contribution is 0.0590. The van der Waals surface area contributed by atoms with Gasteiger partial charge in [0.1, 0.15) is 11.4 Å². The number of carbonyl (C=O) groups is 1. The third-order valence-corrected chi connectivity index (χ3v) is 5.83. The lowest BCUT2D eigenvalue weighted by Gasteiger charge is -2.28. The molecule has 1 N–H and O–H groups in total. The zero-order chi connectivity index (χ0) is 17.0. The number of nitrogens with zero attached hydrogens (tertiary/aromatic N) is 1. The van der Waals surface area contributed by atoms with Gasteiger partial charge in [0.2, 0.25) is 10.0 Å². The SMILES string of the molecule is CCCN(C1CCNC1)S(=O)(=O)c1cccc(F)c1C(=O)OC.Cl. The van der Waals surface area contributed by atoms with Crippen LogP contribution < -0.4 is 5.32 Å². The topological polar surface area (TPSA) is 75.7 Å². The first-order chi connectivity index (χ1) is 10.9. The van der Waals surface area contributed by atoms with E-state index in [1.807, 2.05) is 6.92 Å². The minimum Gasteiger partial charge on any atom is -0.465 e. The van der Waals surface area contributed by atoms with E-state index in [1.165, 1.54) is 16.4 Å². The number of halogens is 2. The first-order valence-electron chi connectivity index (χ1n) is 7.52. The quantitative estimate of drug-likeness (QED) is 0.761. The number of esters is 1. The van der Waals surface area contributed by atoms with Crippen molar-refractivity contribution in [2.24, 2.45) is 0 Å². The van der Waals surface area contributed by atoms with Gasteiger partial charge in [0, 0.05) is 19.1 Å². The summed E-state index contributed by atoms with van der Waals surface area (Å²) >= 11 is 0. The Bertz CT molecular complexity index is 678. The van der Waals surface area contributed by atoms with Gasteiger partial charge in [-0.1, -0.05) is 13.0 Å². The molecule has 0 saturated carbocycles. The molecule has 6 nitrogen and oxygen atoms in total. The molecule has 1 atom stereocenters. The summed E-state index contributed by atoms with van der Waals surface area (Å²) in [4.78, 5) is 11.5. The summed E-state index contributed by atoms with van der Waals surface area (Å²) in [6.45, 7) is 3.46. The molecule has 1 unspecified atom stereocenters. The third-order valence-electron chi connectivity index (χ3n) is 3.84. The molecule has 1 aromatic rings. The zero-order valence-electron chi connectivity index (χ0n) is 13.6. The Kier molecular flexibility index (Phi) is 7.59. The molecule has 1 fully saturated rings. The van der Waals surface area contributed by atoms with Crippen molar-refractivity contribution in [3.05, 3.63) is 29.6 Å². The van der Waals surface area contributed by atoms with Crippen molar-refractivity contribution in [1.29, 1.82) is 0 Å². The predicted molar refractivity (Wildman–Crippen MR) is 90.4 cm³/mol. The van der Waals surface area contributed by atoms with Crippen LogP contribution in [0.5, 0.6) is 0 Å². The van der Waals surface area contributed by atoms with Crippen molar-refractivity contribution in [2.75, 3.05) is 26.7 Å². The summed E-state index contributed by atoms with van der Waals surface area (Å²) in [6.07, 6.45) is 1.31. The second-order valence-electron chi connectivity index (χ2n) is 5.37. The van der Waals surface area contributed by atoms with Gasteiger partial charge in [0.25, 0.3) is 0 Å². The molecule has 136 valence electrons. The Morgan fingerprint density at radius 2 is 2.17 bits per heavy atom. The van der Waals surface area contributed by atoms with Crippen LogP contribution in [0, 0.1) is 5.82 Å². The third kappa shape index (κ3) is 4.05. The Morgan fingerprint density at radius 1 is 1.46 bits per heavy atom. The molecule has 0 aliphatic carbocycles. The van der Waals surface area contributed by atoms with E-state index in [4.69, 9.17) is 0 Å². The van der Waals surface area contributed by atoms with Crippen LogP contribution in [-0.4, -0.2) is 51.5 Å². The maximum atomic E-state index is 14.0. The molecule has 1 saturated heterocycles. The smallest absolute Gasteiger partial charge is 0.342 e. The summed E-state index contributed by atoms with van der Waals surface area (Å²) in [6, 6.07) is 3.38. The van der Waals surface area contributed by atoms with Gasteiger partial charge in [-0.15, -0.1) is 12.4 Å². The van der Waals surface area contributed by atoms with E-state index >= 15 is 0 Å². The number of rotatable bonds is 6. The van der Waals surface area contributed by atoms with E-state index in [1.54, 1.807) is 0 Å². The Morgan fingerprint density at radius 3 is 2.71 bits per heavy atom. The van der Waals surface area contributed by atoms with Gasteiger partial charge in [-0.2, -0.15) is 4.31 Å². The van der Waals surface area contributed by atoms with E-state index in [0.29, 0.717) is 25.9 Å². The van der Waals surface area contributed by atoms with E-state index in [0.717, 1.165) is 19.7 Å². The average molecular weight is 381 g/mol. The molecule has 1 aliphatic rings. The van der Waals surface area contributed by atoms with Crippen molar-refractivity contribution in [2.45, 2.75) is 30.7 Å². The number of ether oxygens (including phenoxy) is 1. The van der Waals surface area contributed by atoms with Gasteiger partial charge in [0.05, 0.1) is 12.0 Å². The lowest BCUT2D eigenvalue weighted by Crippen LogP contribution is -2.42. The number of carbonyl (C=O) groups excluding carboxylic acids is 1. The highest BCUT2D eigenvalue weighted by Crippen LogP contribution is 2.26. The van der Waals surface area contributed by atoms with Crippen LogP contribution in [0.4, 0.5) is 4.39 Å². The summed E-state index contributed by atoms with van der Waals surface area (Å²) in [7, 11) is -2.91. The largest absolute Gasteiger partial charge is 0.465 e. The molecule has 1 heterocycles. The number of hydrogen-bond donors (Lipinski definition) is 1. The van der Waals surface area contributed by atoms with Gasteiger partial charge in [-0.25, -0.2) is 17.6 Å². The molecule has 9 heteroatoms. The highest BCUT2D eigenvalue weighted by Gasteiger charge is 2.36. The predicted octanol–water partition coefficient (Wildman–Crippen LogP) is 1.80. The highest BCUT2D eigenvalue weighted by atomic mass is 35.5. The summed E-state index contributed by atoms with van der Waals surface area (Å²) < 4.78 is 46.0. The maximum Gasteiger partial charge on any atom is 0.342 e. The molecule has 0 spiro atoms. The van der Waals surface area contributed by atoms with Crippen LogP contribution in [0.25, 0.3) is 0 Å². The second kappa shape index (κ2) is 8.75. The van der Waals surface area contributed by atoms with Gasteiger partial charge in [-0.3, -0.25) is 0 Å². The van der Waals surface area contributed by atoms with Crippen molar-refractivity contribution in [1.82, 2.24) is 9.62 Å². The minimum absolute atomic E-state index is 0. The van der Waals surface area contributed by atoms with Gasteiger partial charge >= 0.3 is 5.97 Å². The number of nitrogens with one attached hydrogen (secondary N) is 1. The molecule has 1 aromatic carbocycles. The minimum atomic E-state index is -4.00. The molecule has 0 bridgehead atoms. The highest BCUT2D eigenvalue weighted by molar-refractivity contribution is 7.89. The average Bonchev–Trinajstić information content (AvgIpc) is 3.05. The van der Waals surface area contributed by atoms with Gasteiger partial charge in [0.15, 0.2) is 0 Å². The Labute approximate surface area is 147 Å². The molecule has 24 heavy (non-hydrogen) atoms. The number of methoxy groups -OCH3 is 1. The summed E-state index contributed by atoms with van der Waals surface area (Å²) in [5.74, 6) is -1.90. The molecule has 0 aromatic heterocycles. The van der Waals surface area contributed by atoms with E-state index in [-0.39, 0.29) is 23.3 Å². The second-order valence-corrected chi connectivity index (χ2v) is 7.23. The van der Waals surface area contributed by atoms with E-state index < -0.39 is 27.4 Å². The Balaban J connectivity index is 0.00000288. The standard InChI is InChI=1S/C15H21FN2O4S.ClH/c1-3-9-18(11-7-8-17-10-11)23(20,21)13-6-4-5-12(16)14(13)15(19)22-2;/h4-6,11,17H,3,7-10H2,1-2H3;1H. The van der Waals surface area contributed by atoms with Crippen molar-refractivity contribution >= 4 is 28.4 Å². The number of benzene rings is 1. The molecular weight excluding hydrogens is 359 g/mol.